The molecule has 0 spiro atoms. The molecule has 2 nitrogen and oxygen atoms in total. The van der Waals surface area contributed by atoms with E-state index in [9.17, 15) is 0 Å². The number of rotatable bonds is 0. The predicted molar refractivity (Wildman–Crippen MR) is 49.7 cm³/mol. The summed E-state index contributed by atoms with van der Waals surface area (Å²) < 4.78 is 0. The largest absolute Gasteiger partial charge is 0.399 e. The molecule has 0 amide bonds. The third kappa shape index (κ3) is 2.28. The van der Waals surface area contributed by atoms with E-state index in [-0.39, 0.29) is 0 Å². The van der Waals surface area contributed by atoms with E-state index in [0.717, 1.165) is 11.3 Å². The van der Waals surface area contributed by atoms with Gasteiger partial charge in [-0.05, 0) is 30.2 Å². The van der Waals surface area contributed by atoms with Crippen LogP contribution in [-0.4, -0.2) is 0 Å². The summed E-state index contributed by atoms with van der Waals surface area (Å²) in [6.07, 6.45) is 0. The molecular weight excluding hydrogens is 148 g/mol. The first kappa shape index (κ1) is 8.04. The van der Waals surface area contributed by atoms with Crippen LogP contribution in [0, 0.1) is 23.8 Å². The average molecular weight is 156 g/mol. The van der Waals surface area contributed by atoms with E-state index in [0.29, 0.717) is 0 Å². The number of nitrogen functional groups attached to an aromatic ring is 1. The zero-order valence-electron chi connectivity index (χ0n) is 6.46. The van der Waals surface area contributed by atoms with Crippen molar-refractivity contribution < 1.29 is 0 Å². The maximum absolute atomic E-state index is 5.49. The molecule has 0 unspecified atom stereocenters. The van der Waals surface area contributed by atoms with Crippen LogP contribution in [0.25, 0.3) is 0 Å². The maximum Gasteiger partial charge on any atom is 0.0314 e. The van der Waals surface area contributed by atoms with Crippen LogP contribution in [0.2, 0.25) is 0 Å². The topological polar surface area (TPSA) is 52.0 Å². The minimum Gasteiger partial charge on any atom is -0.399 e. The standard InChI is InChI=1S/C10H8N2/c11-8-2-1-3-9-4-6-10(12)7-5-9/h4-7H,11-12H2. The van der Waals surface area contributed by atoms with Gasteiger partial charge in [-0.1, -0.05) is 5.92 Å². The highest BCUT2D eigenvalue weighted by Gasteiger charge is 1.84. The Morgan fingerprint density at radius 2 is 1.67 bits per heavy atom. The summed E-state index contributed by atoms with van der Waals surface area (Å²) >= 11 is 0. The van der Waals surface area contributed by atoms with Gasteiger partial charge in [-0.15, -0.1) is 0 Å². The molecule has 4 N–H and O–H groups in total. The normalized spacial score (nSPS) is 7.33. The molecule has 0 saturated carbocycles. The van der Waals surface area contributed by atoms with Gasteiger partial charge < -0.3 is 11.5 Å². The van der Waals surface area contributed by atoms with Crippen molar-refractivity contribution in [3.05, 3.63) is 29.8 Å². The summed E-state index contributed by atoms with van der Waals surface area (Å²) in [4.78, 5) is 0. The molecule has 2 heteroatoms. The van der Waals surface area contributed by atoms with Gasteiger partial charge in [0.05, 0.1) is 0 Å². The van der Waals surface area contributed by atoms with Gasteiger partial charge in [0.1, 0.15) is 0 Å². The molecule has 0 atom stereocenters. The lowest BCUT2D eigenvalue weighted by Gasteiger charge is -1.90. The van der Waals surface area contributed by atoms with Gasteiger partial charge >= 0.3 is 0 Å². The van der Waals surface area contributed by atoms with Crippen molar-refractivity contribution in [1.82, 2.24) is 0 Å². The fourth-order valence-electron chi connectivity index (χ4n) is 0.706. The quantitative estimate of drug-likeness (QED) is 0.327. The maximum atomic E-state index is 5.49. The first-order chi connectivity index (χ1) is 5.83. The molecule has 1 aromatic rings. The minimum absolute atomic E-state index is 0.727. The predicted octanol–water partition coefficient (Wildman–Crippen LogP) is 0.540. The lowest BCUT2D eigenvalue weighted by molar-refractivity contribution is 1.63. The fraction of sp³-hybridized carbons (Fsp3) is 0. The first-order valence-electron chi connectivity index (χ1n) is 3.40. The molecule has 0 aromatic heterocycles. The molecule has 0 radical (unpaired) electrons. The Balaban J connectivity index is 2.84. The summed E-state index contributed by atoms with van der Waals surface area (Å²) in [6, 6.07) is 9.45. The van der Waals surface area contributed by atoms with Crippen molar-refractivity contribution >= 4 is 5.69 Å². The number of anilines is 1. The molecule has 0 bridgehead atoms. The van der Waals surface area contributed by atoms with Crippen molar-refractivity contribution in [3.63, 3.8) is 0 Å². The lowest BCUT2D eigenvalue weighted by atomic mass is 10.2. The molecule has 58 valence electrons. The van der Waals surface area contributed by atoms with E-state index < -0.39 is 0 Å². The van der Waals surface area contributed by atoms with Crippen molar-refractivity contribution in [2.75, 3.05) is 5.73 Å². The third-order valence-corrected chi connectivity index (χ3v) is 1.25. The van der Waals surface area contributed by atoms with Crippen LogP contribution in [0.3, 0.4) is 0 Å². The van der Waals surface area contributed by atoms with E-state index in [1.165, 1.54) is 0 Å². The summed E-state index contributed by atoms with van der Waals surface area (Å²) in [5.74, 6) is 7.85. The first-order valence-corrected chi connectivity index (χ1v) is 3.40. The second-order valence-electron chi connectivity index (χ2n) is 2.14. The smallest absolute Gasteiger partial charge is 0.0314 e. The van der Waals surface area contributed by atoms with E-state index in [2.05, 4.69) is 23.8 Å². The molecule has 12 heavy (non-hydrogen) atoms. The van der Waals surface area contributed by atoms with Crippen LogP contribution in [0.5, 0.6) is 0 Å². The number of benzene rings is 1. The Hall–Kier alpha value is -2.06. The SMILES string of the molecule is NC#CC#Cc1ccc(N)cc1. The van der Waals surface area contributed by atoms with Crippen LogP contribution in [0.15, 0.2) is 24.3 Å². The van der Waals surface area contributed by atoms with Crippen LogP contribution in [-0.2, 0) is 0 Å². The monoisotopic (exact) mass is 156 g/mol. The molecule has 0 saturated heterocycles. The second kappa shape index (κ2) is 3.95. The van der Waals surface area contributed by atoms with Gasteiger partial charge in [-0.2, -0.15) is 0 Å². The van der Waals surface area contributed by atoms with Gasteiger partial charge in [0.15, 0.2) is 0 Å². The molecule has 0 heterocycles. The highest BCUT2D eigenvalue weighted by Crippen LogP contribution is 2.03. The van der Waals surface area contributed by atoms with E-state index >= 15 is 0 Å². The van der Waals surface area contributed by atoms with Gasteiger partial charge in [0.25, 0.3) is 0 Å². The Kier molecular flexibility index (Phi) is 2.65. The lowest BCUT2D eigenvalue weighted by Crippen LogP contribution is -1.82. The molecule has 0 aliphatic carbocycles. The molecular formula is C10H8N2. The van der Waals surface area contributed by atoms with Crippen LogP contribution in [0.4, 0.5) is 5.69 Å². The number of nitrogens with two attached hydrogens (primary N) is 2. The van der Waals surface area contributed by atoms with Gasteiger partial charge in [0, 0.05) is 23.2 Å². The zero-order chi connectivity index (χ0) is 8.81. The van der Waals surface area contributed by atoms with Gasteiger partial charge in [0.2, 0.25) is 0 Å². The average Bonchev–Trinajstić information content (AvgIpc) is 2.09. The van der Waals surface area contributed by atoms with Crippen LogP contribution in [0.1, 0.15) is 5.56 Å². The highest BCUT2D eigenvalue weighted by atomic mass is 14.5. The zero-order valence-corrected chi connectivity index (χ0v) is 6.46. The summed E-state index contributed by atoms with van der Waals surface area (Å²) in [6.45, 7) is 0. The Bertz CT molecular complexity index is 368. The third-order valence-electron chi connectivity index (χ3n) is 1.25. The number of hydrogen-bond donors (Lipinski definition) is 2. The van der Waals surface area contributed by atoms with Crippen molar-refractivity contribution in [1.29, 1.82) is 0 Å². The van der Waals surface area contributed by atoms with E-state index in [1.54, 1.807) is 12.1 Å². The Labute approximate surface area is 71.6 Å². The summed E-state index contributed by atoms with van der Waals surface area (Å²) in [5.41, 5.74) is 12.0. The highest BCUT2D eigenvalue weighted by molar-refractivity contribution is 5.46. The van der Waals surface area contributed by atoms with Gasteiger partial charge in [-0.25, -0.2) is 0 Å². The molecule has 0 aliphatic heterocycles. The molecule has 1 rings (SSSR count). The van der Waals surface area contributed by atoms with Crippen molar-refractivity contribution in [2.45, 2.75) is 0 Å². The fourth-order valence-corrected chi connectivity index (χ4v) is 0.706. The summed E-state index contributed by atoms with van der Waals surface area (Å²) in [7, 11) is 0. The van der Waals surface area contributed by atoms with Gasteiger partial charge in [-0.3, -0.25) is 0 Å². The Morgan fingerprint density at radius 1 is 1.00 bits per heavy atom. The molecule has 1 aromatic carbocycles. The second-order valence-corrected chi connectivity index (χ2v) is 2.14. The molecule has 0 aliphatic rings. The van der Waals surface area contributed by atoms with E-state index in [1.807, 2.05) is 12.1 Å². The number of hydrogen-bond acceptors (Lipinski definition) is 2. The van der Waals surface area contributed by atoms with Crippen molar-refractivity contribution in [3.8, 4) is 23.8 Å². The van der Waals surface area contributed by atoms with E-state index in [4.69, 9.17) is 11.5 Å². The molecule has 0 fully saturated rings. The Morgan fingerprint density at radius 3 is 2.25 bits per heavy atom. The van der Waals surface area contributed by atoms with Crippen molar-refractivity contribution in [2.24, 2.45) is 5.73 Å². The minimum atomic E-state index is 0.727. The summed E-state index contributed by atoms with van der Waals surface area (Å²) in [5, 5.41) is 0. The van der Waals surface area contributed by atoms with Crippen LogP contribution >= 0.6 is 0 Å². The van der Waals surface area contributed by atoms with Crippen LogP contribution < -0.4 is 11.5 Å².